The van der Waals surface area contributed by atoms with Crippen molar-refractivity contribution in [2.24, 2.45) is 0 Å². The van der Waals surface area contributed by atoms with Crippen molar-refractivity contribution in [2.75, 3.05) is 11.1 Å². The van der Waals surface area contributed by atoms with Crippen molar-refractivity contribution in [1.82, 2.24) is 0 Å². The van der Waals surface area contributed by atoms with Gasteiger partial charge in [0.15, 0.2) is 0 Å². The van der Waals surface area contributed by atoms with Gasteiger partial charge in [0.05, 0.1) is 11.4 Å². The first kappa shape index (κ1) is 16.6. The number of benzene rings is 2. The lowest BCUT2D eigenvalue weighted by atomic mass is 10.1. The van der Waals surface area contributed by atoms with Gasteiger partial charge in [0, 0.05) is 5.56 Å². The summed E-state index contributed by atoms with van der Waals surface area (Å²) in [6.07, 6.45) is 0. The zero-order valence-corrected chi connectivity index (χ0v) is 13.5. The van der Waals surface area contributed by atoms with Crippen molar-refractivity contribution in [1.29, 1.82) is 5.26 Å². The molecule has 0 spiro atoms. The summed E-state index contributed by atoms with van der Waals surface area (Å²) in [6.45, 7) is 0. The summed E-state index contributed by atoms with van der Waals surface area (Å²) in [7, 11) is 0. The van der Waals surface area contributed by atoms with E-state index in [0.29, 0.717) is 0 Å². The molecule has 0 unspecified atom stereocenters. The van der Waals surface area contributed by atoms with E-state index in [1.807, 2.05) is 6.07 Å². The molecule has 0 bridgehead atoms. The Hall–Kier alpha value is -3.24. The van der Waals surface area contributed by atoms with Crippen molar-refractivity contribution >= 4 is 33.5 Å². The summed E-state index contributed by atoms with van der Waals surface area (Å²) >= 11 is 0.953. The van der Waals surface area contributed by atoms with Crippen LogP contribution in [0.1, 0.15) is 20.8 Å². The highest BCUT2D eigenvalue weighted by molar-refractivity contribution is 7.19. The minimum atomic E-state index is -0.496. The molecule has 7 heteroatoms. The van der Waals surface area contributed by atoms with Crippen LogP contribution in [0.25, 0.3) is 0 Å². The second-order valence-corrected chi connectivity index (χ2v) is 6.12. The van der Waals surface area contributed by atoms with E-state index in [2.05, 4.69) is 5.32 Å². The zero-order valence-electron chi connectivity index (χ0n) is 12.7. The molecule has 0 aliphatic heterocycles. The summed E-state index contributed by atoms with van der Waals surface area (Å²) < 4.78 is 26.8. The number of nitrogen functional groups attached to an aromatic ring is 1. The number of hydrogen-bond donors (Lipinski definition) is 2. The number of thiophene rings is 1. The van der Waals surface area contributed by atoms with Gasteiger partial charge in [-0.1, -0.05) is 12.1 Å². The molecule has 0 aliphatic carbocycles. The average molecular weight is 355 g/mol. The van der Waals surface area contributed by atoms with Gasteiger partial charge >= 0.3 is 0 Å². The number of rotatable bonds is 4. The van der Waals surface area contributed by atoms with Gasteiger partial charge in [-0.15, -0.1) is 11.3 Å². The highest BCUT2D eigenvalue weighted by atomic mass is 32.1. The molecule has 3 N–H and O–H groups in total. The van der Waals surface area contributed by atoms with Crippen LogP contribution >= 0.6 is 11.3 Å². The summed E-state index contributed by atoms with van der Waals surface area (Å²) in [5, 5.41) is 12.4. The number of ketones is 1. The molecule has 0 fully saturated rings. The van der Waals surface area contributed by atoms with Gasteiger partial charge in [-0.25, -0.2) is 8.78 Å². The molecular formula is C18H11F2N3OS. The first-order valence-electron chi connectivity index (χ1n) is 7.15. The molecule has 3 aromatic rings. The van der Waals surface area contributed by atoms with E-state index in [0.717, 1.165) is 11.3 Å². The molecule has 0 aliphatic rings. The van der Waals surface area contributed by atoms with Crippen LogP contribution in [0.5, 0.6) is 0 Å². The van der Waals surface area contributed by atoms with Gasteiger partial charge in [-0.05, 0) is 36.4 Å². The molecule has 25 heavy (non-hydrogen) atoms. The Balaban J connectivity index is 2.01. The SMILES string of the molecule is N#Cc1c(Nc2ccccc2F)sc(C(=O)c2ccc(F)cc2)c1N. The van der Waals surface area contributed by atoms with Crippen LogP contribution < -0.4 is 11.1 Å². The number of para-hydroxylation sites is 1. The van der Waals surface area contributed by atoms with E-state index in [9.17, 15) is 18.8 Å². The third kappa shape index (κ3) is 3.20. The van der Waals surface area contributed by atoms with E-state index in [1.54, 1.807) is 6.07 Å². The second-order valence-electron chi connectivity index (χ2n) is 5.10. The van der Waals surface area contributed by atoms with Crippen LogP contribution in [0.3, 0.4) is 0 Å². The molecule has 2 aromatic carbocycles. The Kier molecular flexibility index (Phi) is 4.46. The highest BCUT2D eigenvalue weighted by Gasteiger charge is 2.22. The van der Waals surface area contributed by atoms with Crippen LogP contribution in [0.2, 0.25) is 0 Å². The molecule has 0 atom stereocenters. The van der Waals surface area contributed by atoms with Gasteiger partial charge in [0.25, 0.3) is 0 Å². The molecule has 0 saturated heterocycles. The van der Waals surface area contributed by atoms with Crippen LogP contribution in [0, 0.1) is 23.0 Å². The molecule has 4 nitrogen and oxygen atoms in total. The first-order valence-corrected chi connectivity index (χ1v) is 7.97. The average Bonchev–Trinajstić information content (AvgIpc) is 2.92. The molecule has 0 amide bonds. The van der Waals surface area contributed by atoms with Crippen molar-refractivity contribution < 1.29 is 13.6 Å². The van der Waals surface area contributed by atoms with Crippen LogP contribution in [0.15, 0.2) is 48.5 Å². The zero-order chi connectivity index (χ0) is 18.0. The van der Waals surface area contributed by atoms with E-state index in [1.165, 1.54) is 42.5 Å². The number of hydrogen-bond acceptors (Lipinski definition) is 5. The number of nitrogens with zero attached hydrogens (tertiary/aromatic N) is 1. The summed E-state index contributed by atoms with van der Waals surface area (Å²) in [6, 6.07) is 12.9. The largest absolute Gasteiger partial charge is 0.396 e. The minimum absolute atomic E-state index is 0.0145. The number of carbonyl (C=O) groups excluding carboxylic acids is 1. The quantitative estimate of drug-likeness (QED) is 0.678. The topological polar surface area (TPSA) is 78.9 Å². The molecular weight excluding hydrogens is 344 g/mol. The minimum Gasteiger partial charge on any atom is -0.396 e. The Labute approximate surface area is 146 Å². The van der Waals surface area contributed by atoms with Gasteiger partial charge in [0.1, 0.15) is 33.1 Å². The van der Waals surface area contributed by atoms with Crippen molar-refractivity contribution in [3.8, 4) is 6.07 Å². The lowest BCUT2D eigenvalue weighted by Crippen LogP contribution is -2.02. The molecule has 0 radical (unpaired) electrons. The van der Waals surface area contributed by atoms with Crippen LogP contribution in [-0.2, 0) is 0 Å². The normalized spacial score (nSPS) is 10.3. The standard InChI is InChI=1S/C18H11F2N3OS/c19-11-7-5-10(6-8-11)16(24)17-15(22)12(9-21)18(25-17)23-14-4-2-1-3-13(14)20/h1-8,23H,22H2. The molecule has 3 rings (SSSR count). The van der Waals surface area contributed by atoms with Gasteiger partial charge in [0.2, 0.25) is 5.78 Å². The number of carbonyl (C=O) groups is 1. The fourth-order valence-electron chi connectivity index (χ4n) is 2.23. The van der Waals surface area contributed by atoms with Crippen molar-refractivity contribution in [3.05, 3.63) is 76.2 Å². The van der Waals surface area contributed by atoms with Crippen molar-refractivity contribution in [2.45, 2.75) is 0 Å². The lowest BCUT2D eigenvalue weighted by Gasteiger charge is -2.04. The monoisotopic (exact) mass is 355 g/mol. The Morgan fingerprint density at radius 3 is 2.44 bits per heavy atom. The molecule has 1 aromatic heterocycles. The van der Waals surface area contributed by atoms with Crippen LogP contribution in [-0.4, -0.2) is 5.78 Å². The summed E-state index contributed by atoms with van der Waals surface area (Å²) in [5.41, 5.74) is 6.43. The van der Waals surface area contributed by atoms with E-state index in [-0.39, 0.29) is 32.4 Å². The maximum Gasteiger partial charge on any atom is 0.205 e. The first-order chi connectivity index (χ1) is 12.0. The maximum atomic E-state index is 13.8. The number of nitriles is 1. The molecule has 124 valence electrons. The maximum absolute atomic E-state index is 13.8. The Morgan fingerprint density at radius 1 is 1.12 bits per heavy atom. The number of anilines is 3. The lowest BCUT2D eigenvalue weighted by molar-refractivity contribution is 0.104. The second kappa shape index (κ2) is 6.71. The predicted octanol–water partition coefficient (Wildman–Crippen LogP) is 4.45. The van der Waals surface area contributed by atoms with Gasteiger partial charge in [-0.3, -0.25) is 4.79 Å². The van der Waals surface area contributed by atoms with E-state index in [4.69, 9.17) is 5.73 Å². The number of nitrogens with one attached hydrogen (secondary N) is 1. The number of halogens is 2. The van der Waals surface area contributed by atoms with E-state index < -0.39 is 17.4 Å². The fourth-order valence-corrected chi connectivity index (χ4v) is 3.27. The smallest absolute Gasteiger partial charge is 0.205 e. The van der Waals surface area contributed by atoms with Crippen LogP contribution in [0.4, 0.5) is 25.2 Å². The Morgan fingerprint density at radius 2 is 1.80 bits per heavy atom. The number of nitrogens with two attached hydrogens (primary N) is 1. The predicted molar refractivity (Wildman–Crippen MR) is 93.0 cm³/mol. The Bertz CT molecular complexity index is 991. The van der Waals surface area contributed by atoms with E-state index >= 15 is 0 Å². The van der Waals surface area contributed by atoms with Gasteiger partial charge in [-0.2, -0.15) is 5.26 Å². The summed E-state index contributed by atoms with van der Waals surface area (Å²) in [4.78, 5) is 12.7. The van der Waals surface area contributed by atoms with Gasteiger partial charge < -0.3 is 11.1 Å². The summed E-state index contributed by atoms with van der Waals surface area (Å²) in [5.74, 6) is -1.39. The molecule has 1 heterocycles. The fraction of sp³-hybridized carbons (Fsp3) is 0. The molecule has 0 saturated carbocycles. The third-order valence-corrected chi connectivity index (χ3v) is 4.61. The van der Waals surface area contributed by atoms with Crippen molar-refractivity contribution in [3.63, 3.8) is 0 Å². The highest BCUT2D eigenvalue weighted by Crippen LogP contribution is 2.38. The third-order valence-electron chi connectivity index (χ3n) is 3.49.